The SMILES string of the molecule is CC(C)(C)OC=O.c1cc(N2CCNCC2)c2cc[nH]c2c1. The van der Waals surface area contributed by atoms with Crippen LogP contribution in [0.2, 0.25) is 0 Å². The van der Waals surface area contributed by atoms with Crippen molar-refractivity contribution in [1.29, 1.82) is 0 Å². The van der Waals surface area contributed by atoms with Gasteiger partial charge in [-0.3, -0.25) is 4.79 Å². The third kappa shape index (κ3) is 4.49. The summed E-state index contributed by atoms with van der Waals surface area (Å²) >= 11 is 0. The van der Waals surface area contributed by atoms with Crippen molar-refractivity contribution in [2.75, 3.05) is 31.1 Å². The topological polar surface area (TPSA) is 57.4 Å². The third-order valence-corrected chi connectivity index (χ3v) is 3.43. The summed E-state index contributed by atoms with van der Waals surface area (Å²) in [6.45, 7) is 10.3. The quantitative estimate of drug-likeness (QED) is 0.837. The number of aromatic amines is 1. The number of nitrogens with one attached hydrogen (secondary N) is 2. The van der Waals surface area contributed by atoms with Gasteiger partial charge in [-0.2, -0.15) is 0 Å². The molecule has 2 aromatic rings. The van der Waals surface area contributed by atoms with Crippen molar-refractivity contribution in [1.82, 2.24) is 10.3 Å². The number of hydrogen-bond acceptors (Lipinski definition) is 4. The highest BCUT2D eigenvalue weighted by molar-refractivity contribution is 5.92. The van der Waals surface area contributed by atoms with E-state index in [2.05, 4.69) is 44.2 Å². The Morgan fingerprint density at radius 2 is 1.91 bits per heavy atom. The summed E-state index contributed by atoms with van der Waals surface area (Å²) in [6.07, 6.45) is 2.01. The molecule has 3 rings (SSSR count). The Morgan fingerprint density at radius 1 is 1.18 bits per heavy atom. The van der Waals surface area contributed by atoms with Crippen molar-refractivity contribution in [3.8, 4) is 0 Å². The Balaban J connectivity index is 0.000000217. The Labute approximate surface area is 131 Å². The Bertz CT molecular complexity index is 595. The molecule has 0 amide bonds. The number of carbonyl (C=O) groups is 1. The lowest BCUT2D eigenvalue weighted by Gasteiger charge is -2.30. The van der Waals surface area contributed by atoms with Crippen LogP contribution in [0.5, 0.6) is 0 Å². The van der Waals surface area contributed by atoms with Crippen molar-refractivity contribution in [3.05, 3.63) is 30.5 Å². The highest BCUT2D eigenvalue weighted by atomic mass is 16.5. The van der Waals surface area contributed by atoms with Gasteiger partial charge in [-0.15, -0.1) is 0 Å². The van der Waals surface area contributed by atoms with Crippen LogP contribution in [0.4, 0.5) is 5.69 Å². The van der Waals surface area contributed by atoms with Crippen LogP contribution in [-0.4, -0.2) is 43.2 Å². The number of carbonyl (C=O) groups excluding carboxylic acids is 1. The third-order valence-electron chi connectivity index (χ3n) is 3.43. The maximum Gasteiger partial charge on any atom is 0.293 e. The van der Waals surface area contributed by atoms with Crippen molar-refractivity contribution in [2.24, 2.45) is 0 Å². The second kappa shape index (κ2) is 7.31. The van der Waals surface area contributed by atoms with Gasteiger partial charge >= 0.3 is 0 Å². The predicted octanol–water partition coefficient (Wildman–Crippen LogP) is 2.54. The molecule has 0 atom stereocenters. The van der Waals surface area contributed by atoms with E-state index in [4.69, 9.17) is 0 Å². The highest BCUT2D eigenvalue weighted by Crippen LogP contribution is 2.26. The zero-order valence-corrected chi connectivity index (χ0v) is 13.6. The molecule has 5 heteroatoms. The Hall–Kier alpha value is -2.01. The maximum absolute atomic E-state index is 9.60. The minimum absolute atomic E-state index is 0.318. The van der Waals surface area contributed by atoms with Crippen LogP contribution in [0.1, 0.15) is 20.8 Å². The van der Waals surface area contributed by atoms with Crippen molar-refractivity contribution in [2.45, 2.75) is 26.4 Å². The first-order valence-corrected chi connectivity index (χ1v) is 7.64. The van der Waals surface area contributed by atoms with Gasteiger partial charge in [0.05, 0.1) is 0 Å². The first kappa shape index (κ1) is 16.4. The molecule has 120 valence electrons. The summed E-state index contributed by atoms with van der Waals surface area (Å²) < 4.78 is 4.55. The van der Waals surface area contributed by atoms with E-state index in [9.17, 15) is 4.79 Å². The average molecular weight is 303 g/mol. The van der Waals surface area contributed by atoms with Gasteiger partial charge < -0.3 is 19.9 Å². The lowest BCUT2D eigenvalue weighted by molar-refractivity contribution is -0.138. The van der Waals surface area contributed by atoms with Crippen molar-refractivity contribution >= 4 is 23.1 Å². The second-order valence-corrected chi connectivity index (χ2v) is 6.28. The molecular formula is C17H25N3O2. The second-order valence-electron chi connectivity index (χ2n) is 6.28. The monoisotopic (exact) mass is 303 g/mol. The molecule has 2 N–H and O–H groups in total. The number of benzene rings is 1. The van der Waals surface area contributed by atoms with Gasteiger partial charge in [0.15, 0.2) is 0 Å². The van der Waals surface area contributed by atoms with E-state index in [1.807, 2.05) is 27.0 Å². The summed E-state index contributed by atoms with van der Waals surface area (Å²) in [6, 6.07) is 8.62. The van der Waals surface area contributed by atoms with Gasteiger partial charge in [0.1, 0.15) is 5.60 Å². The van der Waals surface area contributed by atoms with E-state index in [0.717, 1.165) is 26.2 Å². The number of hydrogen-bond donors (Lipinski definition) is 2. The zero-order chi connectivity index (χ0) is 16.0. The standard InChI is InChI=1S/C12H15N3.C5H10O2/c1-2-11-10(4-5-14-11)12(3-1)15-8-6-13-7-9-15;1-5(2,3)7-4-6/h1-5,13-14H,6-9H2;4H,1-3H3. The van der Waals surface area contributed by atoms with Crippen LogP contribution in [0.25, 0.3) is 10.9 Å². The molecule has 1 aromatic heterocycles. The molecule has 0 saturated carbocycles. The van der Waals surface area contributed by atoms with Gasteiger partial charge in [0, 0.05) is 49.0 Å². The number of ether oxygens (including phenoxy) is 1. The van der Waals surface area contributed by atoms with E-state index in [-0.39, 0.29) is 5.60 Å². The number of H-pyrrole nitrogens is 1. The zero-order valence-electron chi connectivity index (χ0n) is 13.6. The summed E-state index contributed by atoms with van der Waals surface area (Å²) in [5.41, 5.74) is 2.27. The molecule has 0 aliphatic carbocycles. The summed E-state index contributed by atoms with van der Waals surface area (Å²) in [7, 11) is 0. The minimum atomic E-state index is -0.318. The van der Waals surface area contributed by atoms with E-state index < -0.39 is 0 Å². The molecule has 1 aliphatic rings. The van der Waals surface area contributed by atoms with E-state index in [0.29, 0.717) is 6.47 Å². The fourth-order valence-corrected chi connectivity index (χ4v) is 2.39. The fourth-order valence-electron chi connectivity index (χ4n) is 2.39. The molecular weight excluding hydrogens is 278 g/mol. The van der Waals surface area contributed by atoms with Crippen LogP contribution in [-0.2, 0) is 9.53 Å². The highest BCUT2D eigenvalue weighted by Gasteiger charge is 2.12. The van der Waals surface area contributed by atoms with Crippen LogP contribution >= 0.6 is 0 Å². The molecule has 1 saturated heterocycles. The lowest BCUT2D eigenvalue weighted by Crippen LogP contribution is -2.43. The van der Waals surface area contributed by atoms with Crippen molar-refractivity contribution < 1.29 is 9.53 Å². The van der Waals surface area contributed by atoms with Gasteiger partial charge in [-0.05, 0) is 39.0 Å². The van der Waals surface area contributed by atoms with Gasteiger partial charge in [0.25, 0.3) is 6.47 Å². The Morgan fingerprint density at radius 3 is 2.50 bits per heavy atom. The van der Waals surface area contributed by atoms with Crippen LogP contribution in [0.15, 0.2) is 30.5 Å². The molecule has 1 aliphatic heterocycles. The van der Waals surface area contributed by atoms with Crippen molar-refractivity contribution in [3.63, 3.8) is 0 Å². The number of aromatic nitrogens is 1. The smallest absolute Gasteiger partial charge is 0.293 e. The molecule has 1 aromatic carbocycles. The van der Waals surface area contributed by atoms with E-state index in [1.165, 1.54) is 16.6 Å². The number of piperazine rings is 1. The average Bonchev–Trinajstić information content (AvgIpc) is 2.96. The largest absolute Gasteiger partial charge is 0.462 e. The van der Waals surface area contributed by atoms with Gasteiger partial charge in [-0.25, -0.2) is 0 Å². The molecule has 0 unspecified atom stereocenters. The molecule has 0 radical (unpaired) electrons. The van der Waals surface area contributed by atoms with E-state index in [1.54, 1.807) is 0 Å². The number of rotatable bonds is 2. The fraction of sp³-hybridized carbons (Fsp3) is 0.471. The summed E-state index contributed by atoms with van der Waals surface area (Å²) in [5.74, 6) is 0. The Kier molecular flexibility index (Phi) is 5.44. The van der Waals surface area contributed by atoms with Crippen LogP contribution in [0, 0.1) is 0 Å². The maximum atomic E-state index is 9.60. The molecule has 5 nitrogen and oxygen atoms in total. The van der Waals surface area contributed by atoms with Gasteiger partial charge in [0.2, 0.25) is 0 Å². The first-order chi connectivity index (χ1) is 10.5. The first-order valence-electron chi connectivity index (χ1n) is 7.64. The summed E-state index contributed by atoms with van der Waals surface area (Å²) in [5, 5.41) is 4.71. The van der Waals surface area contributed by atoms with Gasteiger partial charge in [-0.1, -0.05) is 6.07 Å². The lowest BCUT2D eigenvalue weighted by atomic mass is 10.2. The molecule has 0 spiro atoms. The molecule has 1 fully saturated rings. The number of anilines is 1. The number of nitrogens with zero attached hydrogens (tertiary/aromatic N) is 1. The van der Waals surface area contributed by atoms with Crippen LogP contribution in [0.3, 0.4) is 0 Å². The molecule has 22 heavy (non-hydrogen) atoms. The number of fused-ring (bicyclic) bond motifs is 1. The normalized spacial score (nSPS) is 15.1. The minimum Gasteiger partial charge on any atom is -0.462 e. The van der Waals surface area contributed by atoms with E-state index >= 15 is 0 Å². The molecule has 2 heterocycles. The summed E-state index contributed by atoms with van der Waals surface area (Å²) in [4.78, 5) is 15.3. The molecule has 0 bridgehead atoms. The van der Waals surface area contributed by atoms with Crippen LogP contribution < -0.4 is 10.2 Å². The predicted molar refractivity (Wildman–Crippen MR) is 90.3 cm³/mol.